The molecule has 1 aliphatic carbocycles. The van der Waals surface area contributed by atoms with Crippen LogP contribution in [0.5, 0.6) is 5.75 Å². The van der Waals surface area contributed by atoms with Gasteiger partial charge in [0.25, 0.3) is 0 Å². The minimum atomic E-state index is -0.376. The van der Waals surface area contributed by atoms with Gasteiger partial charge in [-0.05, 0) is 36.8 Å². The van der Waals surface area contributed by atoms with Gasteiger partial charge in [0.2, 0.25) is 0 Å². The van der Waals surface area contributed by atoms with Crippen LogP contribution >= 0.6 is 15.9 Å². The number of aliphatic hydroxyl groups is 1. The second-order valence-corrected chi connectivity index (χ2v) is 7.04. The number of fused-ring (bicyclic) bond motifs is 1. The maximum absolute atomic E-state index is 10.3. The molecular formula is C16H21BrO2. The Hall–Kier alpha value is -0.540. The molecule has 1 heterocycles. The first kappa shape index (κ1) is 13.4. The molecule has 0 spiro atoms. The van der Waals surface area contributed by atoms with Crippen molar-refractivity contribution in [2.24, 2.45) is 11.8 Å². The third-order valence-electron chi connectivity index (χ3n) is 4.57. The van der Waals surface area contributed by atoms with Gasteiger partial charge in [-0.15, -0.1) is 0 Å². The molecule has 0 saturated heterocycles. The largest absolute Gasteiger partial charge is 0.490 e. The van der Waals surface area contributed by atoms with Crippen LogP contribution in [0.4, 0.5) is 0 Å². The zero-order valence-corrected chi connectivity index (χ0v) is 12.9. The summed E-state index contributed by atoms with van der Waals surface area (Å²) in [7, 11) is 0. The van der Waals surface area contributed by atoms with Crippen molar-refractivity contribution in [3.63, 3.8) is 0 Å². The summed E-state index contributed by atoms with van der Waals surface area (Å²) in [6.45, 7) is 2.33. The van der Waals surface area contributed by atoms with Crippen LogP contribution in [0.1, 0.15) is 50.7 Å². The molecule has 3 rings (SSSR count). The number of aliphatic hydroxyl groups excluding tert-OH is 1. The zero-order valence-electron chi connectivity index (χ0n) is 11.3. The number of halogens is 1. The maximum atomic E-state index is 10.3. The summed E-state index contributed by atoms with van der Waals surface area (Å²) < 4.78 is 7.19. The Balaban J connectivity index is 1.80. The first-order valence-electron chi connectivity index (χ1n) is 7.27. The lowest BCUT2D eigenvalue weighted by Crippen LogP contribution is -2.35. The Morgan fingerprint density at radius 1 is 1.26 bits per heavy atom. The fourth-order valence-electron chi connectivity index (χ4n) is 3.55. The molecule has 104 valence electrons. The van der Waals surface area contributed by atoms with E-state index in [0.29, 0.717) is 5.92 Å². The average molecular weight is 325 g/mol. The van der Waals surface area contributed by atoms with Gasteiger partial charge in [-0.25, -0.2) is 0 Å². The summed E-state index contributed by atoms with van der Waals surface area (Å²) in [4.78, 5) is 0. The van der Waals surface area contributed by atoms with E-state index in [0.717, 1.165) is 28.1 Å². The highest BCUT2D eigenvalue weighted by atomic mass is 79.9. The summed E-state index contributed by atoms with van der Waals surface area (Å²) in [6, 6.07) is 5.91. The van der Waals surface area contributed by atoms with E-state index in [4.69, 9.17) is 4.74 Å². The quantitative estimate of drug-likeness (QED) is 0.826. The van der Waals surface area contributed by atoms with E-state index in [1.165, 1.54) is 25.7 Å². The van der Waals surface area contributed by atoms with Crippen LogP contribution < -0.4 is 4.74 Å². The minimum absolute atomic E-state index is 0.180. The molecular weight excluding hydrogens is 304 g/mol. The molecule has 0 amide bonds. The normalized spacial score (nSPS) is 34.5. The number of ether oxygens (including phenoxy) is 1. The highest BCUT2D eigenvalue weighted by Crippen LogP contribution is 2.42. The molecule has 1 aromatic rings. The van der Waals surface area contributed by atoms with E-state index in [2.05, 4.69) is 22.9 Å². The van der Waals surface area contributed by atoms with Gasteiger partial charge in [0.1, 0.15) is 11.9 Å². The number of rotatable bonds is 1. The average Bonchev–Trinajstić information content (AvgIpc) is 2.38. The van der Waals surface area contributed by atoms with Gasteiger partial charge in [0.05, 0.1) is 6.10 Å². The molecule has 1 saturated carbocycles. The smallest absolute Gasteiger partial charge is 0.126 e. The van der Waals surface area contributed by atoms with Crippen molar-refractivity contribution in [2.45, 2.75) is 51.2 Å². The van der Waals surface area contributed by atoms with Gasteiger partial charge in [-0.1, -0.05) is 41.8 Å². The Bertz CT molecular complexity index is 460. The van der Waals surface area contributed by atoms with Crippen molar-refractivity contribution in [1.82, 2.24) is 0 Å². The van der Waals surface area contributed by atoms with Crippen molar-refractivity contribution < 1.29 is 9.84 Å². The van der Waals surface area contributed by atoms with E-state index in [1.54, 1.807) is 0 Å². The fourth-order valence-corrected chi connectivity index (χ4v) is 3.89. The molecule has 4 atom stereocenters. The van der Waals surface area contributed by atoms with Crippen LogP contribution in [0, 0.1) is 11.8 Å². The van der Waals surface area contributed by atoms with Crippen LogP contribution in [-0.2, 0) is 0 Å². The van der Waals surface area contributed by atoms with Crippen molar-refractivity contribution >= 4 is 15.9 Å². The maximum Gasteiger partial charge on any atom is 0.126 e. The standard InChI is InChI=1S/C16H21BrO2/c1-10-3-2-4-11(7-10)15-9-14(18)13-6-5-12(17)8-16(13)19-15/h5-6,8,10-11,14-15,18H,2-4,7,9H2,1H3/t10?,11?,14-,15?/m1/s1. The lowest BCUT2D eigenvalue weighted by Gasteiger charge is -2.38. The lowest BCUT2D eigenvalue weighted by molar-refractivity contribution is 0.0171. The van der Waals surface area contributed by atoms with Crippen LogP contribution in [0.25, 0.3) is 0 Å². The molecule has 1 aromatic carbocycles. The Morgan fingerprint density at radius 2 is 2.11 bits per heavy atom. The van der Waals surface area contributed by atoms with E-state index in [-0.39, 0.29) is 12.2 Å². The predicted molar refractivity (Wildman–Crippen MR) is 79.3 cm³/mol. The Labute approximate surface area is 123 Å². The first-order chi connectivity index (χ1) is 9.13. The molecule has 0 bridgehead atoms. The molecule has 0 radical (unpaired) electrons. The summed E-state index contributed by atoms with van der Waals surface area (Å²) in [6.07, 6.45) is 5.66. The highest BCUT2D eigenvalue weighted by molar-refractivity contribution is 9.10. The fraction of sp³-hybridized carbons (Fsp3) is 0.625. The topological polar surface area (TPSA) is 29.5 Å². The van der Waals surface area contributed by atoms with Gasteiger partial charge in [0, 0.05) is 16.5 Å². The van der Waals surface area contributed by atoms with Crippen molar-refractivity contribution in [3.8, 4) is 5.75 Å². The second kappa shape index (κ2) is 5.45. The number of benzene rings is 1. The summed E-state index contributed by atoms with van der Waals surface area (Å²) >= 11 is 3.47. The summed E-state index contributed by atoms with van der Waals surface area (Å²) in [5.41, 5.74) is 0.934. The second-order valence-electron chi connectivity index (χ2n) is 6.12. The van der Waals surface area contributed by atoms with Crippen LogP contribution in [0.2, 0.25) is 0 Å². The van der Waals surface area contributed by atoms with Crippen molar-refractivity contribution in [1.29, 1.82) is 0 Å². The minimum Gasteiger partial charge on any atom is -0.490 e. The van der Waals surface area contributed by atoms with E-state index < -0.39 is 0 Å². The third-order valence-corrected chi connectivity index (χ3v) is 5.06. The lowest BCUT2D eigenvalue weighted by atomic mass is 9.77. The van der Waals surface area contributed by atoms with Gasteiger partial charge in [-0.3, -0.25) is 0 Å². The van der Waals surface area contributed by atoms with Crippen LogP contribution in [0.15, 0.2) is 22.7 Å². The molecule has 1 N–H and O–H groups in total. The molecule has 1 fully saturated rings. The molecule has 19 heavy (non-hydrogen) atoms. The van der Waals surface area contributed by atoms with Gasteiger partial charge in [0.15, 0.2) is 0 Å². The van der Waals surface area contributed by atoms with E-state index >= 15 is 0 Å². The monoisotopic (exact) mass is 324 g/mol. The van der Waals surface area contributed by atoms with E-state index in [9.17, 15) is 5.11 Å². The number of hydrogen-bond acceptors (Lipinski definition) is 2. The Kier molecular flexibility index (Phi) is 3.86. The molecule has 1 aliphatic heterocycles. The van der Waals surface area contributed by atoms with E-state index in [1.807, 2.05) is 18.2 Å². The zero-order chi connectivity index (χ0) is 13.4. The van der Waals surface area contributed by atoms with Gasteiger partial charge < -0.3 is 9.84 Å². The third kappa shape index (κ3) is 2.82. The molecule has 0 aromatic heterocycles. The molecule has 2 aliphatic rings. The molecule has 2 nitrogen and oxygen atoms in total. The van der Waals surface area contributed by atoms with Crippen LogP contribution in [-0.4, -0.2) is 11.2 Å². The SMILES string of the molecule is CC1CCCC(C2C[C@@H](O)c3ccc(Br)cc3O2)C1. The predicted octanol–water partition coefficient (Wildman–Crippen LogP) is 4.46. The summed E-state index contributed by atoms with van der Waals surface area (Å²) in [5, 5.41) is 10.3. The first-order valence-corrected chi connectivity index (χ1v) is 8.07. The molecule has 3 unspecified atom stereocenters. The summed E-state index contributed by atoms with van der Waals surface area (Å²) in [5.74, 6) is 2.25. The Morgan fingerprint density at radius 3 is 2.89 bits per heavy atom. The van der Waals surface area contributed by atoms with Crippen molar-refractivity contribution in [2.75, 3.05) is 0 Å². The van der Waals surface area contributed by atoms with Gasteiger partial charge in [-0.2, -0.15) is 0 Å². The number of hydrogen-bond donors (Lipinski definition) is 1. The molecule has 3 heteroatoms. The van der Waals surface area contributed by atoms with Gasteiger partial charge >= 0.3 is 0 Å². The van der Waals surface area contributed by atoms with Crippen molar-refractivity contribution in [3.05, 3.63) is 28.2 Å². The highest BCUT2D eigenvalue weighted by Gasteiger charge is 2.34. The van der Waals surface area contributed by atoms with Crippen LogP contribution in [0.3, 0.4) is 0 Å².